The molecule has 0 amide bonds. The molecule has 0 saturated carbocycles. The van der Waals surface area contributed by atoms with Gasteiger partial charge in [-0.1, -0.05) is 351 Å². The molecule has 0 radical (unpaired) electrons. The fourth-order valence-corrected chi connectivity index (χ4v) is 23.3. The maximum absolute atomic E-state index is 6.71. The largest absolute Gasteiger partial charge is 0.494 e. The SMILES string of the molecule is CC(C)(C)c1ccc(N2c3ccc(Br)cc3Oc3cc(Br)ccc32)cc1.CC1(C)c2cc(B3OC(C)(C)C(C)(C)O3)ccc2-c2ccc(B3OC(C)(C)C(C)(C)O3)cc21.Cc1cccc(-c2cccc(C3(c4cccc(-c5cccc(C)c5)c4)c4cc(B5OC(C)(C)C(C)(C)O5)ccc4-c4ccc(B5OC(C)(C)C(C)(C)O5)cc43)c2)c1.Cc1cccc(C2(c3cccc(C)c3)c3cc(Br)ccc3-c3ccc(Br)cc32)c1. The number of fused-ring (bicyclic) bond motifs is 11. The van der Waals surface area contributed by atoms with E-state index in [1.807, 2.05) is 24.3 Å². The molecule has 0 spiro atoms. The Morgan fingerprint density at radius 2 is 0.490 bits per heavy atom. The van der Waals surface area contributed by atoms with E-state index in [1.165, 1.54) is 139 Å². The van der Waals surface area contributed by atoms with Crippen LogP contribution in [0.15, 0.2) is 333 Å². The van der Waals surface area contributed by atoms with Crippen LogP contribution in [0.25, 0.3) is 55.6 Å². The van der Waals surface area contributed by atoms with Crippen LogP contribution in [0.3, 0.4) is 0 Å². The molecule has 4 fully saturated rings. The van der Waals surface area contributed by atoms with Gasteiger partial charge in [-0.05, 0) is 368 Å². The van der Waals surface area contributed by atoms with Crippen LogP contribution in [0.4, 0.5) is 17.1 Å². The van der Waals surface area contributed by atoms with Crippen LogP contribution in [0.1, 0.15) is 229 Å². The quantitative estimate of drug-likeness (QED) is 0.117. The van der Waals surface area contributed by atoms with Gasteiger partial charge in [-0.2, -0.15) is 0 Å². The molecular formula is C127H127B4Br4NO9. The zero-order valence-electron chi connectivity index (χ0n) is 88.0. The van der Waals surface area contributed by atoms with E-state index in [2.05, 4.69) is 533 Å². The van der Waals surface area contributed by atoms with Gasteiger partial charge in [-0.25, -0.2) is 0 Å². The van der Waals surface area contributed by atoms with Crippen molar-refractivity contribution in [1.82, 2.24) is 0 Å². The lowest BCUT2D eigenvalue weighted by atomic mass is 9.64. The molecule has 734 valence electrons. The maximum atomic E-state index is 6.71. The lowest BCUT2D eigenvalue weighted by Crippen LogP contribution is -2.41. The number of anilines is 3. The van der Waals surface area contributed by atoms with Crippen LogP contribution in [0, 0.1) is 27.7 Å². The van der Waals surface area contributed by atoms with Crippen molar-refractivity contribution >= 4 is 131 Å². The molecule has 0 bridgehead atoms. The summed E-state index contributed by atoms with van der Waals surface area (Å²) in [5.74, 6) is 1.68. The number of nitrogens with zero attached hydrogens (tertiary/aromatic N) is 1. The summed E-state index contributed by atoms with van der Waals surface area (Å²) >= 11 is 14.6. The number of rotatable bonds is 11. The Morgan fingerprint density at radius 1 is 0.241 bits per heavy atom. The molecule has 23 rings (SSSR count). The van der Waals surface area contributed by atoms with Gasteiger partial charge in [0.2, 0.25) is 0 Å². The van der Waals surface area contributed by atoms with Gasteiger partial charge >= 0.3 is 28.5 Å². The summed E-state index contributed by atoms with van der Waals surface area (Å²) < 4.78 is 62.5. The van der Waals surface area contributed by atoms with Crippen molar-refractivity contribution in [2.75, 3.05) is 4.90 Å². The van der Waals surface area contributed by atoms with E-state index in [1.54, 1.807) is 0 Å². The molecule has 0 N–H and O–H groups in total. The Bertz CT molecular complexity index is 7160. The molecule has 8 aliphatic rings. The predicted octanol–water partition coefficient (Wildman–Crippen LogP) is 31.5. The second-order valence-corrected chi connectivity index (χ2v) is 49.8. The van der Waals surface area contributed by atoms with E-state index in [4.69, 9.17) is 42.0 Å². The average Bonchev–Trinajstić information content (AvgIpc) is 1.52. The minimum absolute atomic E-state index is 0.134. The second kappa shape index (κ2) is 37.2. The van der Waals surface area contributed by atoms with E-state index in [9.17, 15) is 0 Å². The topological polar surface area (TPSA) is 86.3 Å². The van der Waals surface area contributed by atoms with Crippen LogP contribution < -0.4 is 31.5 Å². The number of ether oxygens (including phenoxy) is 1. The molecule has 4 saturated heterocycles. The smallest absolute Gasteiger partial charge is 0.453 e. The average molecular weight is 2170 g/mol. The molecule has 3 aliphatic carbocycles. The molecule has 0 aromatic heterocycles. The van der Waals surface area contributed by atoms with Gasteiger partial charge in [0.15, 0.2) is 11.5 Å². The third-order valence-electron chi connectivity index (χ3n) is 32.8. The van der Waals surface area contributed by atoms with Crippen molar-refractivity contribution in [3.8, 4) is 67.1 Å². The van der Waals surface area contributed by atoms with Crippen LogP contribution in [0.5, 0.6) is 11.5 Å². The number of hydrogen-bond acceptors (Lipinski definition) is 10. The molecule has 145 heavy (non-hydrogen) atoms. The highest BCUT2D eigenvalue weighted by atomic mass is 79.9. The van der Waals surface area contributed by atoms with Crippen molar-refractivity contribution in [3.05, 3.63) is 417 Å². The summed E-state index contributed by atoms with van der Waals surface area (Å²) in [4.78, 5) is 2.25. The Kier molecular flexibility index (Phi) is 26.2. The normalized spacial score (nSPS) is 18.5. The fourth-order valence-electron chi connectivity index (χ4n) is 21.9. The number of aryl methyl sites for hydroxylation is 4. The van der Waals surface area contributed by atoms with Gasteiger partial charge in [0.25, 0.3) is 0 Å². The van der Waals surface area contributed by atoms with Crippen molar-refractivity contribution < 1.29 is 42.0 Å². The molecule has 5 aliphatic heterocycles. The summed E-state index contributed by atoms with van der Waals surface area (Å²) in [6.45, 7) is 53.6. The highest BCUT2D eigenvalue weighted by Crippen LogP contribution is 2.61. The van der Waals surface area contributed by atoms with E-state index < -0.39 is 42.1 Å². The molecule has 10 nitrogen and oxygen atoms in total. The lowest BCUT2D eigenvalue weighted by Gasteiger charge is -2.35. The van der Waals surface area contributed by atoms with Gasteiger partial charge in [0.1, 0.15) is 0 Å². The van der Waals surface area contributed by atoms with Crippen LogP contribution in [-0.4, -0.2) is 73.3 Å². The summed E-state index contributed by atoms with van der Waals surface area (Å²) in [6, 6.07) is 115. The number of benzene rings is 15. The van der Waals surface area contributed by atoms with E-state index in [0.717, 1.165) is 68.3 Å². The van der Waals surface area contributed by atoms with Crippen LogP contribution in [-0.2, 0) is 58.9 Å². The molecular weight excluding hydrogens is 2050 g/mol. The molecule has 18 heteroatoms. The standard InChI is InChI=1S/C51H52B2O4.C27H36B2O4.C27H20Br2.C22H19Br2NO/c1-33-15-11-17-35(27-33)37-19-13-21-39(29-37)51(40-22-14-20-38(30-40)36-18-12-16-34(2)28-36)45-31-41(52-54-47(3,4)48(5,6)55-52)23-25-43(45)44-26-24-42(32-46(44)51)53-56-49(7,8)50(9,10)57-53;1-23(2)21-15-17(28-30-24(3,4)25(5,6)31-28)11-13-19(21)20-14-12-18(16-22(20)23)29-32-26(7,8)27(9,10)33-29;1-17-5-3-7-19(13-17)27(20-8-4-6-18(2)14-20)25-15-21(28)9-11-23(25)24-12-10-22(29)16-26(24)27;1-22(2,3)14-4-8-17(9-5-14)25-18-10-6-15(23)12-20(18)26-21-13-16(24)7-11-19(21)25/h11-32H,1-10H3;11-16H,1-10H3;3-16H,1-2H3;4-13H,1-3H3. The molecule has 5 heterocycles. The monoisotopic (exact) mass is 2170 g/mol. The summed E-state index contributed by atoms with van der Waals surface area (Å²) in [7, 11) is -1.75. The van der Waals surface area contributed by atoms with Gasteiger partial charge in [-0.3, -0.25) is 0 Å². The first kappa shape index (κ1) is 102. The maximum Gasteiger partial charge on any atom is 0.494 e. The van der Waals surface area contributed by atoms with Crippen molar-refractivity contribution in [3.63, 3.8) is 0 Å². The Labute approximate surface area is 894 Å². The summed E-state index contributed by atoms with van der Waals surface area (Å²) in [5.41, 5.74) is 34.1. The Hall–Kier alpha value is -10.2. The number of hydrogen-bond donors (Lipinski definition) is 0. The number of halogens is 4. The highest BCUT2D eigenvalue weighted by Gasteiger charge is 2.58. The molecule has 15 aromatic carbocycles. The zero-order chi connectivity index (χ0) is 103. The van der Waals surface area contributed by atoms with Crippen LogP contribution in [0.2, 0.25) is 0 Å². The fraction of sp³-hybridized carbons (Fsp3) is 0.291. The van der Waals surface area contributed by atoms with Gasteiger partial charge in [0, 0.05) is 29.0 Å². The van der Waals surface area contributed by atoms with Crippen molar-refractivity contribution in [2.45, 2.75) is 240 Å². The van der Waals surface area contributed by atoms with Gasteiger partial charge in [0.05, 0.1) is 67.0 Å². The summed E-state index contributed by atoms with van der Waals surface area (Å²) in [5, 5.41) is 0. The van der Waals surface area contributed by atoms with Crippen molar-refractivity contribution in [2.24, 2.45) is 0 Å². The second-order valence-electron chi connectivity index (χ2n) is 46.2. The molecule has 15 aromatic rings. The zero-order valence-corrected chi connectivity index (χ0v) is 94.3. The summed E-state index contributed by atoms with van der Waals surface area (Å²) in [6.07, 6.45) is 0. The third-order valence-corrected chi connectivity index (χ3v) is 34.8. The highest BCUT2D eigenvalue weighted by molar-refractivity contribution is 9.11. The minimum atomic E-state index is -0.733. The minimum Gasteiger partial charge on any atom is -0.453 e. The molecule has 0 unspecified atom stereocenters. The van der Waals surface area contributed by atoms with Crippen LogP contribution >= 0.6 is 63.7 Å². The van der Waals surface area contributed by atoms with Gasteiger partial charge < -0.3 is 46.9 Å². The predicted molar refractivity (Wildman–Crippen MR) is 615 cm³/mol. The van der Waals surface area contributed by atoms with E-state index in [0.29, 0.717) is 0 Å². The van der Waals surface area contributed by atoms with Gasteiger partial charge in [-0.15, -0.1) is 0 Å². The Balaban J connectivity index is 0.000000125. The van der Waals surface area contributed by atoms with Crippen molar-refractivity contribution in [1.29, 1.82) is 0 Å². The van der Waals surface area contributed by atoms with E-state index in [-0.39, 0.29) is 52.9 Å². The first-order valence-electron chi connectivity index (χ1n) is 50.7. The van der Waals surface area contributed by atoms with E-state index >= 15 is 0 Å². The first-order chi connectivity index (χ1) is 68.4. The Morgan fingerprint density at radius 3 is 0.793 bits per heavy atom. The third kappa shape index (κ3) is 18.1. The lowest BCUT2D eigenvalue weighted by molar-refractivity contribution is 0.00578. The first-order valence-corrected chi connectivity index (χ1v) is 53.8. The molecule has 0 atom stereocenters.